The van der Waals surface area contributed by atoms with Crippen molar-refractivity contribution in [1.29, 1.82) is 5.26 Å². The Morgan fingerprint density at radius 1 is 1.31 bits per heavy atom. The van der Waals surface area contributed by atoms with Gasteiger partial charge >= 0.3 is 0 Å². The van der Waals surface area contributed by atoms with Crippen molar-refractivity contribution in [1.82, 2.24) is 9.97 Å². The van der Waals surface area contributed by atoms with Gasteiger partial charge < -0.3 is 5.73 Å². The molecule has 0 aliphatic rings. The monoisotopic (exact) mass is 228 g/mol. The van der Waals surface area contributed by atoms with Crippen LogP contribution in [-0.4, -0.2) is 9.97 Å². The van der Waals surface area contributed by atoms with E-state index >= 15 is 0 Å². The first-order valence-corrected chi connectivity index (χ1v) is 5.35. The second-order valence-corrected chi connectivity index (χ2v) is 4.08. The first-order chi connectivity index (χ1) is 7.79. The third-order valence-corrected chi connectivity index (χ3v) is 2.95. The van der Waals surface area contributed by atoms with E-state index in [1.807, 2.05) is 18.2 Å². The summed E-state index contributed by atoms with van der Waals surface area (Å²) in [5, 5.41) is 9.54. The molecule has 5 heteroatoms. The van der Waals surface area contributed by atoms with Gasteiger partial charge in [-0.15, -0.1) is 0 Å². The molecule has 2 N–H and O–H groups in total. The number of rotatable bonds is 2. The number of nitrogens with zero attached hydrogens (tertiary/aromatic N) is 3. The van der Waals surface area contributed by atoms with Crippen molar-refractivity contribution in [3.05, 3.63) is 42.4 Å². The molecule has 0 fully saturated rings. The largest absolute Gasteiger partial charge is 0.398 e. The fourth-order valence-electron chi connectivity index (χ4n) is 1.16. The predicted molar refractivity (Wildman–Crippen MR) is 61.7 cm³/mol. The van der Waals surface area contributed by atoms with Crippen LogP contribution >= 0.6 is 11.8 Å². The highest BCUT2D eigenvalue weighted by molar-refractivity contribution is 7.99. The molecule has 0 spiro atoms. The molecule has 1 aromatic heterocycles. The zero-order chi connectivity index (χ0) is 11.4. The molecule has 2 rings (SSSR count). The molecule has 1 aromatic carbocycles. The number of anilines is 1. The van der Waals surface area contributed by atoms with Gasteiger partial charge in [-0.3, -0.25) is 0 Å². The van der Waals surface area contributed by atoms with E-state index in [9.17, 15) is 0 Å². The number of nitriles is 1. The van der Waals surface area contributed by atoms with Gasteiger partial charge in [0, 0.05) is 16.8 Å². The summed E-state index contributed by atoms with van der Waals surface area (Å²) < 4.78 is 0. The fraction of sp³-hybridized carbons (Fsp3) is 0. The average Bonchev–Trinajstić information content (AvgIpc) is 2.33. The molecule has 0 bridgehead atoms. The van der Waals surface area contributed by atoms with Crippen molar-refractivity contribution >= 4 is 17.4 Å². The van der Waals surface area contributed by atoms with Crippen LogP contribution in [-0.2, 0) is 0 Å². The molecule has 0 radical (unpaired) electrons. The molecule has 0 aliphatic heterocycles. The summed E-state index contributed by atoms with van der Waals surface area (Å²) in [6.45, 7) is 0. The van der Waals surface area contributed by atoms with Crippen LogP contribution in [0.15, 0.2) is 46.7 Å². The van der Waals surface area contributed by atoms with Gasteiger partial charge in [0.1, 0.15) is 11.4 Å². The van der Waals surface area contributed by atoms with E-state index in [1.165, 1.54) is 18.1 Å². The molecular weight excluding hydrogens is 220 g/mol. The molecule has 2 aromatic rings. The van der Waals surface area contributed by atoms with Crippen LogP contribution in [0, 0.1) is 11.3 Å². The van der Waals surface area contributed by atoms with Crippen LogP contribution in [0.25, 0.3) is 0 Å². The Hall–Kier alpha value is -2.06. The third-order valence-electron chi connectivity index (χ3n) is 1.91. The lowest BCUT2D eigenvalue weighted by atomic mass is 10.2. The molecule has 4 nitrogen and oxygen atoms in total. The molecule has 0 saturated carbocycles. The Morgan fingerprint density at radius 2 is 2.19 bits per heavy atom. The van der Waals surface area contributed by atoms with Crippen LogP contribution < -0.4 is 5.73 Å². The lowest BCUT2D eigenvalue weighted by Crippen LogP contribution is -1.90. The minimum absolute atomic E-state index is 0.560. The highest BCUT2D eigenvalue weighted by Gasteiger charge is 2.03. The first-order valence-electron chi connectivity index (χ1n) is 4.53. The van der Waals surface area contributed by atoms with Crippen LogP contribution in [0.5, 0.6) is 0 Å². The van der Waals surface area contributed by atoms with Gasteiger partial charge in [-0.05, 0) is 24.3 Å². The van der Waals surface area contributed by atoms with Crippen molar-refractivity contribution in [2.24, 2.45) is 0 Å². The molecule has 0 amide bonds. The van der Waals surface area contributed by atoms with Crippen LogP contribution in [0.3, 0.4) is 0 Å². The van der Waals surface area contributed by atoms with Crippen molar-refractivity contribution in [3.63, 3.8) is 0 Å². The Morgan fingerprint density at radius 3 is 2.81 bits per heavy atom. The molecule has 78 valence electrons. The van der Waals surface area contributed by atoms with Gasteiger partial charge in [0.15, 0.2) is 0 Å². The second kappa shape index (κ2) is 4.64. The Labute approximate surface area is 97.1 Å². The smallest absolute Gasteiger partial charge is 0.116 e. The summed E-state index contributed by atoms with van der Waals surface area (Å²) in [6.07, 6.45) is 3.16. The lowest BCUT2D eigenvalue weighted by molar-refractivity contribution is 1.05. The quantitative estimate of drug-likeness (QED) is 0.629. The van der Waals surface area contributed by atoms with Crippen LogP contribution in [0.2, 0.25) is 0 Å². The lowest BCUT2D eigenvalue weighted by Gasteiger charge is -2.04. The standard InChI is InChI=1S/C11H8N4S/c12-6-8-1-2-10(9(13)5-8)16-11-3-4-14-7-15-11/h1-5,7H,13H2. The first kappa shape index (κ1) is 10.5. The van der Waals surface area contributed by atoms with E-state index < -0.39 is 0 Å². The molecule has 16 heavy (non-hydrogen) atoms. The zero-order valence-corrected chi connectivity index (χ0v) is 9.11. The highest BCUT2D eigenvalue weighted by Crippen LogP contribution is 2.30. The molecule has 0 aliphatic carbocycles. The van der Waals surface area contributed by atoms with Crippen molar-refractivity contribution in [2.75, 3.05) is 5.73 Å². The van der Waals surface area contributed by atoms with Gasteiger partial charge in [-0.2, -0.15) is 5.26 Å². The summed E-state index contributed by atoms with van der Waals surface area (Å²) in [5.74, 6) is 0. The summed E-state index contributed by atoms with van der Waals surface area (Å²) in [6, 6.07) is 9.06. The van der Waals surface area contributed by atoms with Gasteiger partial charge in [-0.25, -0.2) is 9.97 Å². The maximum absolute atomic E-state index is 8.71. The third kappa shape index (κ3) is 2.30. The number of nitrogen functional groups attached to an aromatic ring is 1. The summed E-state index contributed by atoms with van der Waals surface area (Å²) in [5.41, 5.74) is 6.97. The van der Waals surface area contributed by atoms with Gasteiger partial charge in [-0.1, -0.05) is 11.8 Å². The molecule has 0 saturated heterocycles. The van der Waals surface area contributed by atoms with Gasteiger partial charge in [0.2, 0.25) is 0 Å². The number of hydrogen-bond acceptors (Lipinski definition) is 5. The number of hydrogen-bond donors (Lipinski definition) is 1. The summed E-state index contributed by atoms with van der Waals surface area (Å²) >= 11 is 1.45. The van der Waals surface area contributed by atoms with Crippen molar-refractivity contribution < 1.29 is 0 Å². The van der Waals surface area contributed by atoms with Gasteiger partial charge in [0.05, 0.1) is 11.6 Å². The van der Waals surface area contributed by atoms with E-state index in [0.717, 1.165) is 9.92 Å². The Bertz CT molecular complexity index is 533. The van der Waals surface area contributed by atoms with E-state index in [2.05, 4.69) is 9.97 Å². The minimum Gasteiger partial charge on any atom is -0.398 e. The number of nitrogens with two attached hydrogens (primary N) is 1. The predicted octanol–water partition coefficient (Wildman–Crippen LogP) is 2.08. The minimum atomic E-state index is 0.560. The van der Waals surface area contributed by atoms with Crippen LogP contribution in [0.4, 0.5) is 5.69 Å². The van der Waals surface area contributed by atoms with Crippen LogP contribution in [0.1, 0.15) is 5.56 Å². The zero-order valence-electron chi connectivity index (χ0n) is 8.29. The van der Waals surface area contributed by atoms with E-state index in [-0.39, 0.29) is 0 Å². The Kier molecular flexibility index (Phi) is 3.03. The average molecular weight is 228 g/mol. The molecular formula is C11H8N4S. The topological polar surface area (TPSA) is 75.6 Å². The molecule has 1 heterocycles. The number of aromatic nitrogens is 2. The molecule has 0 unspecified atom stereocenters. The van der Waals surface area contributed by atoms with Crippen molar-refractivity contribution in [2.45, 2.75) is 9.92 Å². The highest BCUT2D eigenvalue weighted by atomic mass is 32.2. The van der Waals surface area contributed by atoms with Gasteiger partial charge in [0.25, 0.3) is 0 Å². The maximum Gasteiger partial charge on any atom is 0.116 e. The van der Waals surface area contributed by atoms with Crippen molar-refractivity contribution in [3.8, 4) is 6.07 Å². The van der Waals surface area contributed by atoms with E-state index in [1.54, 1.807) is 18.3 Å². The molecule has 0 atom stereocenters. The maximum atomic E-state index is 8.71. The normalized spacial score (nSPS) is 9.69. The second-order valence-electron chi connectivity index (χ2n) is 3.01. The van der Waals surface area contributed by atoms with E-state index in [4.69, 9.17) is 11.0 Å². The summed E-state index contributed by atoms with van der Waals surface area (Å²) in [4.78, 5) is 8.81. The fourth-order valence-corrected chi connectivity index (χ4v) is 1.93. The number of benzene rings is 1. The SMILES string of the molecule is N#Cc1ccc(Sc2ccncn2)c(N)c1. The summed E-state index contributed by atoms with van der Waals surface area (Å²) in [7, 11) is 0. The van der Waals surface area contributed by atoms with E-state index in [0.29, 0.717) is 11.3 Å². The Balaban J connectivity index is 2.27.